The van der Waals surface area contributed by atoms with Crippen LogP contribution in [-0.2, 0) is 13.0 Å². The molecule has 9 heteroatoms. The van der Waals surface area contributed by atoms with Crippen molar-refractivity contribution in [1.29, 1.82) is 0 Å². The Morgan fingerprint density at radius 1 is 0.786 bits per heavy atom. The van der Waals surface area contributed by atoms with Gasteiger partial charge >= 0.3 is 0 Å². The minimum Gasteiger partial charge on any atom is -0.459 e. The monoisotopic (exact) mass is 563 g/mol. The summed E-state index contributed by atoms with van der Waals surface area (Å²) in [4.78, 5) is 44.8. The first-order valence-electron chi connectivity index (χ1n) is 14.1. The van der Waals surface area contributed by atoms with Crippen LogP contribution in [0.4, 0.5) is 17.1 Å². The van der Waals surface area contributed by atoms with E-state index in [-0.39, 0.29) is 17.6 Å². The number of anilines is 3. The van der Waals surface area contributed by atoms with E-state index in [0.717, 1.165) is 43.0 Å². The minimum absolute atomic E-state index is 0.144. The predicted molar refractivity (Wildman–Crippen MR) is 162 cm³/mol. The standard InChI is InChI=1S/C33H33N5O4/c1-22-5-2-3-6-28(22)36-14-16-37(17-15-36)29-11-10-25(20-27(29)35-32(40)30-7-4-18-42-30)33(41)38-13-12-23-8-9-24(31(34)39)19-26(23)21-38/h2-11,18-20H,12-17,21H2,1H3,(H2,34,39)(H,35,40). The molecular weight excluding hydrogens is 530 g/mol. The molecule has 0 spiro atoms. The van der Waals surface area contributed by atoms with Crippen molar-refractivity contribution < 1.29 is 18.8 Å². The molecule has 214 valence electrons. The Balaban J connectivity index is 1.25. The summed E-state index contributed by atoms with van der Waals surface area (Å²) in [6.45, 7) is 6.24. The second-order valence-corrected chi connectivity index (χ2v) is 10.7. The number of hydrogen-bond donors (Lipinski definition) is 2. The molecule has 2 aliphatic rings. The van der Waals surface area contributed by atoms with Crippen molar-refractivity contribution in [2.75, 3.05) is 47.8 Å². The molecule has 3 amide bonds. The molecule has 1 saturated heterocycles. The van der Waals surface area contributed by atoms with E-state index in [9.17, 15) is 14.4 Å². The van der Waals surface area contributed by atoms with Crippen molar-refractivity contribution in [1.82, 2.24) is 4.90 Å². The van der Waals surface area contributed by atoms with Crippen molar-refractivity contribution in [2.24, 2.45) is 5.73 Å². The average Bonchev–Trinajstić information content (AvgIpc) is 3.56. The lowest BCUT2D eigenvalue weighted by atomic mass is 9.96. The molecule has 0 unspecified atom stereocenters. The Bertz CT molecular complexity index is 1640. The van der Waals surface area contributed by atoms with E-state index in [0.29, 0.717) is 36.3 Å². The molecule has 0 atom stereocenters. The normalized spacial score (nSPS) is 14.8. The van der Waals surface area contributed by atoms with Gasteiger partial charge in [-0.2, -0.15) is 0 Å². The van der Waals surface area contributed by atoms with Crippen LogP contribution in [-0.4, -0.2) is 55.3 Å². The molecule has 6 rings (SSSR count). The molecule has 4 aromatic rings. The minimum atomic E-state index is -0.492. The lowest BCUT2D eigenvalue weighted by molar-refractivity contribution is 0.0734. The molecule has 42 heavy (non-hydrogen) atoms. The van der Waals surface area contributed by atoms with Gasteiger partial charge in [0.2, 0.25) is 5.91 Å². The van der Waals surface area contributed by atoms with Gasteiger partial charge in [0.15, 0.2) is 5.76 Å². The molecule has 0 saturated carbocycles. The maximum atomic E-state index is 13.7. The largest absolute Gasteiger partial charge is 0.459 e. The van der Waals surface area contributed by atoms with Gasteiger partial charge in [-0.25, -0.2) is 0 Å². The molecule has 1 aromatic heterocycles. The summed E-state index contributed by atoms with van der Waals surface area (Å²) in [5.74, 6) is -0.821. The van der Waals surface area contributed by atoms with Gasteiger partial charge in [-0.05, 0) is 78.6 Å². The third kappa shape index (κ3) is 5.45. The number of piperazine rings is 1. The summed E-state index contributed by atoms with van der Waals surface area (Å²) >= 11 is 0. The summed E-state index contributed by atoms with van der Waals surface area (Å²) < 4.78 is 5.32. The van der Waals surface area contributed by atoms with Crippen LogP contribution in [0.25, 0.3) is 0 Å². The number of benzene rings is 3. The number of aryl methyl sites for hydroxylation is 1. The number of carbonyl (C=O) groups excluding carboxylic acids is 3. The van der Waals surface area contributed by atoms with E-state index >= 15 is 0 Å². The van der Waals surface area contributed by atoms with E-state index < -0.39 is 5.91 Å². The van der Waals surface area contributed by atoms with E-state index in [2.05, 4.69) is 40.2 Å². The Hall–Kier alpha value is -5.05. The van der Waals surface area contributed by atoms with Crippen molar-refractivity contribution in [3.05, 3.63) is 113 Å². The fourth-order valence-electron chi connectivity index (χ4n) is 5.81. The molecule has 0 aliphatic carbocycles. The van der Waals surface area contributed by atoms with Gasteiger partial charge in [-0.1, -0.05) is 24.3 Å². The van der Waals surface area contributed by atoms with Gasteiger partial charge in [0.1, 0.15) is 0 Å². The smallest absolute Gasteiger partial charge is 0.291 e. The van der Waals surface area contributed by atoms with Crippen molar-refractivity contribution in [2.45, 2.75) is 19.9 Å². The lowest BCUT2D eigenvalue weighted by Gasteiger charge is -2.38. The van der Waals surface area contributed by atoms with Crippen molar-refractivity contribution >= 4 is 34.8 Å². The molecule has 1 fully saturated rings. The highest BCUT2D eigenvalue weighted by atomic mass is 16.3. The summed E-state index contributed by atoms with van der Waals surface area (Å²) in [6, 6.07) is 22.5. The van der Waals surface area contributed by atoms with Gasteiger partial charge in [-0.15, -0.1) is 0 Å². The molecule has 3 heterocycles. The predicted octanol–water partition coefficient (Wildman–Crippen LogP) is 4.46. The molecule has 0 radical (unpaired) electrons. The molecular formula is C33H33N5O4. The first-order valence-corrected chi connectivity index (χ1v) is 14.1. The number of amides is 3. The zero-order chi connectivity index (χ0) is 29.2. The number of para-hydroxylation sites is 1. The lowest BCUT2D eigenvalue weighted by Crippen LogP contribution is -2.47. The number of fused-ring (bicyclic) bond motifs is 1. The highest BCUT2D eigenvalue weighted by molar-refractivity contribution is 6.05. The first-order chi connectivity index (χ1) is 20.4. The second-order valence-electron chi connectivity index (χ2n) is 10.7. The van der Waals surface area contributed by atoms with Crippen LogP contribution in [0.3, 0.4) is 0 Å². The quantitative estimate of drug-likeness (QED) is 0.358. The number of nitrogens with one attached hydrogen (secondary N) is 1. The summed E-state index contributed by atoms with van der Waals surface area (Å²) in [6.07, 6.45) is 2.14. The van der Waals surface area contributed by atoms with Crippen molar-refractivity contribution in [3.63, 3.8) is 0 Å². The maximum Gasteiger partial charge on any atom is 0.291 e. The van der Waals surface area contributed by atoms with Crippen LogP contribution in [0.5, 0.6) is 0 Å². The molecule has 0 bridgehead atoms. The number of furan rings is 1. The summed E-state index contributed by atoms with van der Waals surface area (Å²) in [5, 5.41) is 2.99. The van der Waals surface area contributed by atoms with Crippen LogP contribution in [0.1, 0.15) is 48.0 Å². The second kappa shape index (κ2) is 11.4. The van der Waals surface area contributed by atoms with E-state index in [4.69, 9.17) is 10.2 Å². The molecule has 9 nitrogen and oxygen atoms in total. The Labute approximate surface area is 244 Å². The zero-order valence-electron chi connectivity index (χ0n) is 23.5. The Morgan fingerprint density at radius 3 is 2.24 bits per heavy atom. The average molecular weight is 564 g/mol. The van der Waals surface area contributed by atoms with Crippen LogP contribution in [0.2, 0.25) is 0 Å². The molecule has 2 aliphatic heterocycles. The zero-order valence-corrected chi connectivity index (χ0v) is 23.5. The first kappa shape index (κ1) is 27.1. The third-order valence-corrected chi connectivity index (χ3v) is 8.10. The highest BCUT2D eigenvalue weighted by Gasteiger charge is 2.26. The van der Waals surface area contributed by atoms with Gasteiger partial charge in [-0.3, -0.25) is 14.4 Å². The van der Waals surface area contributed by atoms with Gasteiger partial charge < -0.3 is 30.2 Å². The summed E-state index contributed by atoms with van der Waals surface area (Å²) in [7, 11) is 0. The maximum absolute atomic E-state index is 13.7. The number of nitrogens with two attached hydrogens (primary N) is 1. The Kier molecular flexibility index (Phi) is 7.39. The Morgan fingerprint density at radius 2 is 1.52 bits per heavy atom. The van der Waals surface area contributed by atoms with E-state index in [1.54, 1.807) is 35.2 Å². The number of primary amides is 1. The van der Waals surface area contributed by atoms with Crippen LogP contribution in [0.15, 0.2) is 83.5 Å². The van der Waals surface area contributed by atoms with Gasteiger partial charge in [0.25, 0.3) is 11.8 Å². The van der Waals surface area contributed by atoms with Crippen molar-refractivity contribution in [3.8, 4) is 0 Å². The van der Waals surface area contributed by atoms with Crippen LogP contribution < -0.4 is 20.9 Å². The topological polar surface area (TPSA) is 112 Å². The molecule has 3 N–H and O–H groups in total. The van der Waals surface area contributed by atoms with Gasteiger partial charge in [0.05, 0.1) is 17.6 Å². The van der Waals surface area contributed by atoms with E-state index in [1.807, 2.05) is 24.3 Å². The molecule has 3 aromatic carbocycles. The third-order valence-electron chi connectivity index (χ3n) is 8.10. The fraction of sp³-hybridized carbons (Fsp3) is 0.242. The number of hydrogen-bond acceptors (Lipinski definition) is 6. The summed E-state index contributed by atoms with van der Waals surface area (Å²) in [5.41, 5.74) is 12.3. The SMILES string of the molecule is Cc1ccccc1N1CCN(c2ccc(C(=O)N3CCc4ccc(C(N)=O)cc4C3)cc2NC(=O)c2ccco2)CC1. The highest BCUT2D eigenvalue weighted by Crippen LogP contribution is 2.32. The number of nitrogens with zero attached hydrogens (tertiary/aromatic N) is 3. The van der Waals surface area contributed by atoms with Crippen LogP contribution >= 0.6 is 0 Å². The van der Waals surface area contributed by atoms with Crippen LogP contribution in [0, 0.1) is 6.92 Å². The van der Waals surface area contributed by atoms with E-state index in [1.165, 1.54) is 17.5 Å². The number of rotatable bonds is 6. The number of carbonyl (C=O) groups is 3. The fourth-order valence-corrected chi connectivity index (χ4v) is 5.81. The van der Waals surface area contributed by atoms with Gasteiger partial charge in [0, 0.05) is 56.1 Å².